The molecule has 0 aliphatic carbocycles. The highest BCUT2D eigenvalue weighted by Gasteiger charge is 2.20. The van der Waals surface area contributed by atoms with Crippen molar-refractivity contribution < 1.29 is 4.74 Å². The van der Waals surface area contributed by atoms with Crippen molar-refractivity contribution in [3.8, 4) is 11.6 Å². The summed E-state index contributed by atoms with van der Waals surface area (Å²) in [7, 11) is 3.78. The van der Waals surface area contributed by atoms with Gasteiger partial charge in [-0.2, -0.15) is 4.98 Å². The van der Waals surface area contributed by atoms with Crippen molar-refractivity contribution in [2.24, 2.45) is 0 Å². The Kier molecular flexibility index (Phi) is 7.20. The molecule has 0 unspecified atom stereocenters. The zero-order valence-electron chi connectivity index (χ0n) is 22.7. The van der Waals surface area contributed by atoms with Crippen molar-refractivity contribution in [3.05, 3.63) is 69.9 Å². The van der Waals surface area contributed by atoms with Gasteiger partial charge in [-0.25, -0.2) is 19.0 Å². The van der Waals surface area contributed by atoms with Gasteiger partial charge in [0.1, 0.15) is 11.1 Å². The molecule has 5 rings (SSSR count). The maximum absolute atomic E-state index is 13.2. The lowest BCUT2D eigenvalue weighted by atomic mass is 10.2. The molecule has 0 spiro atoms. The molecule has 204 valence electrons. The Balaban J connectivity index is 1.54. The van der Waals surface area contributed by atoms with Crippen LogP contribution in [0.1, 0.15) is 19.9 Å². The first kappa shape index (κ1) is 26.2. The zero-order valence-corrected chi connectivity index (χ0v) is 22.7. The number of aromatic nitrogens is 6. The molecule has 1 N–H and O–H groups in total. The molecule has 12 heteroatoms. The number of allylic oxidation sites excluding steroid dienone is 1. The Morgan fingerprint density at radius 2 is 1.90 bits per heavy atom. The van der Waals surface area contributed by atoms with Gasteiger partial charge in [-0.1, -0.05) is 6.08 Å². The average Bonchev–Trinajstić information content (AvgIpc) is 3.20. The van der Waals surface area contributed by atoms with E-state index in [0.29, 0.717) is 22.8 Å². The van der Waals surface area contributed by atoms with Crippen molar-refractivity contribution in [1.82, 2.24) is 34.0 Å². The molecule has 1 aromatic carbocycles. The minimum Gasteiger partial charge on any atom is -0.495 e. The molecule has 4 aromatic rings. The van der Waals surface area contributed by atoms with Crippen LogP contribution in [0.25, 0.3) is 16.9 Å². The lowest BCUT2D eigenvalue weighted by Crippen LogP contribution is -2.44. The van der Waals surface area contributed by atoms with Crippen molar-refractivity contribution in [1.29, 1.82) is 0 Å². The van der Waals surface area contributed by atoms with Gasteiger partial charge in [-0.05, 0) is 39.1 Å². The summed E-state index contributed by atoms with van der Waals surface area (Å²) in [6.45, 7) is 11.6. The molecule has 1 saturated heterocycles. The molecule has 1 aliphatic rings. The fourth-order valence-corrected chi connectivity index (χ4v) is 4.70. The van der Waals surface area contributed by atoms with Gasteiger partial charge in [-0.15, -0.1) is 11.7 Å². The predicted molar refractivity (Wildman–Crippen MR) is 152 cm³/mol. The number of benzene rings is 1. The highest BCUT2D eigenvalue weighted by Crippen LogP contribution is 2.32. The first-order chi connectivity index (χ1) is 18.8. The summed E-state index contributed by atoms with van der Waals surface area (Å²) in [6, 6.07) is 8.76. The lowest BCUT2D eigenvalue weighted by molar-refractivity contribution is 0.311. The van der Waals surface area contributed by atoms with E-state index in [-0.39, 0.29) is 23.7 Å². The van der Waals surface area contributed by atoms with E-state index < -0.39 is 0 Å². The van der Waals surface area contributed by atoms with E-state index in [1.54, 1.807) is 23.9 Å². The van der Waals surface area contributed by atoms with Gasteiger partial charge in [0, 0.05) is 50.2 Å². The molecular weight excluding hydrogens is 498 g/mol. The number of rotatable bonds is 8. The largest absolute Gasteiger partial charge is 0.495 e. The summed E-state index contributed by atoms with van der Waals surface area (Å²) in [5.74, 6) is 1.44. The molecule has 0 amide bonds. The quantitative estimate of drug-likeness (QED) is 0.342. The number of likely N-dealkylation sites (N-methyl/N-ethyl adjacent to an activating group) is 1. The van der Waals surface area contributed by atoms with Crippen LogP contribution in [0.15, 0.2) is 58.8 Å². The molecular formula is C27H33N9O3. The van der Waals surface area contributed by atoms with Crippen LogP contribution in [0, 0.1) is 0 Å². The topological polar surface area (TPSA) is 115 Å². The maximum atomic E-state index is 13.2. The van der Waals surface area contributed by atoms with Crippen LogP contribution in [0.2, 0.25) is 0 Å². The first-order valence-electron chi connectivity index (χ1n) is 12.9. The van der Waals surface area contributed by atoms with Crippen LogP contribution in [-0.2, 0) is 6.54 Å². The standard InChI is InChI=1S/C27H33N9O3/c1-6-11-34-26(38)20-17-28-27(30-25(20)36(34)23-9-10-24(37)35(31-23)18(2)3)29-19-7-8-21(22(16-19)39-5)33-14-12-32(4)13-15-33/h6-10,16-18H,1,11-15H2,2-5H3,(H,28,29,30). The summed E-state index contributed by atoms with van der Waals surface area (Å²) in [5.41, 5.74) is 1.64. The highest BCUT2D eigenvalue weighted by molar-refractivity contribution is 5.77. The molecule has 0 saturated carbocycles. The van der Waals surface area contributed by atoms with Crippen molar-refractivity contribution in [2.75, 3.05) is 50.6 Å². The fourth-order valence-electron chi connectivity index (χ4n) is 4.70. The number of nitrogens with one attached hydrogen (secondary N) is 1. The molecule has 0 radical (unpaired) electrons. The van der Waals surface area contributed by atoms with E-state index in [4.69, 9.17) is 4.74 Å². The van der Waals surface area contributed by atoms with Crippen LogP contribution in [0.4, 0.5) is 17.3 Å². The van der Waals surface area contributed by atoms with E-state index in [1.807, 2.05) is 32.0 Å². The monoisotopic (exact) mass is 531 g/mol. The van der Waals surface area contributed by atoms with E-state index in [1.165, 1.54) is 21.6 Å². The third-order valence-electron chi connectivity index (χ3n) is 6.77. The van der Waals surface area contributed by atoms with Crippen molar-refractivity contribution >= 4 is 28.4 Å². The SMILES string of the molecule is C=CCn1c(=O)c2cnc(Nc3ccc(N4CCN(C)CC4)c(OC)c3)nc2n1-c1ccc(=O)n(C(C)C)n1. The molecule has 0 bridgehead atoms. The second-order valence-electron chi connectivity index (χ2n) is 9.79. The number of anilines is 3. The van der Waals surface area contributed by atoms with Gasteiger partial charge in [0.15, 0.2) is 11.5 Å². The van der Waals surface area contributed by atoms with Crippen LogP contribution in [0.3, 0.4) is 0 Å². The van der Waals surface area contributed by atoms with E-state index in [0.717, 1.165) is 43.3 Å². The number of fused-ring (bicyclic) bond motifs is 1. The van der Waals surface area contributed by atoms with Gasteiger partial charge in [0.25, 0.3) is 11.1 Å². The zero-order chi connectivity index (χ0) is 27.7. The number of ether oxygens (including phenoxy) is 1. The normalized spacial score (nSPS) is 14.2. The number of hydrogen-bond acceptors (Lipinski definition) is 9. The summed E-state index contributed by atoms with van der Waals surface area (Å²) in [6.07, 6.45) is 3.12. The Labute approximate surface area is 225 Å². The van der Waals surface area contributed by atoms with Crippen LogP contribution < -0.4 is 26.1 Å². The van der Waals surface area contributed by atoms with Crippen LogP contribution in [-0.4, -0.2) is 74.3 Å². The molecule has 0 atom stereocenters. The molecule has 39 heavy (non-hydrogen) atoms. The maximum Gasteiger partial charge on any atom is 0.278 e. The summed E-state index contributed by atoms with van der Waals surface area (Å²) in [5, 5.41) is 8.08. The van der Waals surface area contributed by atoms with Gasteiger partial charge in [0.05, 0.1) is 25.4 Å². The molecule has 4 heterocycles. The summed E-state index contributed by atoms with van der Waals surface area (Å²) >= 11 is 0. The Morgan fingerprint density at radius 1 is 1.13 bits per heavy atom. The lowest BCUT2D eigenvalue weighted by Gasteiger charge is -2.34. The number of piperazine rings is 1. The highest BCUT2D eigenvalue weighted by atomic mass is 16.5. The Bertz CT molecular complexity index is 1630. The third-order valence-corrected chi connectivity index (χ3v) is 6.77. The smallest absolute Gasteiger partial charge is 0.278 e. The Hall–Kier alpha value is -4.45. The first-order valence-corrected chi connectivity index (χ1v) is 12.9. The van der Waals surface area contributed by atoms with Crippen LogP contribution >= 0.6 is 0 Å². The second kappa shape index (κ2) is 10.7. The number of methoxy groups -OCH3 is 1. The fraction of sp³-hybridized carbons (Fsp3) is 0.370. The number of nitrogens with zero attached hydrogens (tertiary/aromatic N) is 8. The van der Waals surface area contributed by atoms with E-state index in [9.17, 15) is 9.59 Å². The molecule has 1 aliphatic heterocycles. The predicted octanol–water partition coefficient (Wildman–Crippen LogP) is 2.41. The molecule has 12 nitrogen and oxygen atoms in total. The van der Waals surface area contributed by atoms with Gasteiger partial charge < -0.3 is 19.9 Å². The van der Waals surface area contributed by atoms with Gasteiger partial charge >= 0.3 is 0 Å². The van der Waals surface area contributed by atoms with E-state index in [2.05, 4.69) is 43.8 Å². The molecule has 1 fully saturated rings. The van der Waals surface area contributed by atoms with E-state index >= 15 is 0 Å². The second-order valence-corrected chi connectivity index (χ2v) is 9.79. The minimum atomic E-state index is -0.279. The Morgan fingerprint density at radius 3 is 2.59 bits per heavy atom. The average molecular weight is 532 g/mol. The summed E-state index contributed by atoms with van der Waals surface area (Å²) < 4.78 is 10.2. The van der Waals surface area contributed by atoms with Gasteiger partial charge in [-0.3, -0.25) is 9.59 Å². The minimum absolute atomic E-state index is 0.158. The third kappa shape index (κ3) is 5.02. The molecule has 3 aromatic heterocycles. The van der Waals surface area contributed by atoms with Crippen LogP contribution in [0.5, 0.6) is 5.75 Å². The van der Waals surface area contributed by atoms with Gasteiger partial charge in [0.2, 0.25) is 5.95 Å². The number of hydrogen-bond donors (Lipinski definition) is 1. The summed E-state index contributed by atoms with van der Waals surface area (Å²) in [4.78, 5) is 39.3. The van der Waals surface area contributed by atoms with Crippen molar-refractivity contribution in [3.63, 3.8) is 0 Å². The van der Waals surface area contributed by atoms with Crippen molar-refractivity contribution in [2.45, 2.75) is 26.4 Å².